The van der Waals surface area contributed by atoms with Gasteiger partial charge in [-0.1, -0.05) is 99.2 Å². The average molecular weight is 481 g/mol. The number of hydrogen-bond acceptors (Lipinski definition) is 3. The molecule has 2 aromatic carbocycles. The van der Waals surface area contributed by atoms with Crippen LogP contribution in [0.15, 0.2) is 60.7 Å². The molecule has 0 aromatic heterocycles. The van der Waals surface area contributed by atoms with E-state index in [1.807, 2.05) is 36.4 Å². The third kappa shape index (κ3) is 12.8. The van der Waals surface area contributed by atoms with Gasteiger partial charge in [-0.05, 0) is 24.0 Å². The van der Waals surface area contributed by atoms with Gasteiger partial charge >= 0.3 is 5.97 Å². The van der Waals surface area contributed by atoms with E-state index in [4.69, 9.17) is 5.11 Å². The maximum Gasteiger partial charge on any atom is 0.303 e. The number of unbranched alkanes of at least 4 members (excludes halogenated alkanes) is 7. The summed E-state index contributed by atoms with van der Waals surface area (Å²) < 4.78 is 0. The minimum absolute atomic E-state index is 0.0496. The zero-order chi connectivity index (χ0) is 25.1. The summed E-state index contributed by atoms with van der Waals surface area (Å²) in [5.74, 6) is -0.862. The minimum Gasteiger partial charge on any atom is -0.481 e. The maximum atomic E-state index is 12.4. The zero-order valence-electron chi connectivity index (χ0n) is 20.7. The molecule has 0 aliphatic carbocycles. The summed E-state index contributed by atoms with van der Waals surface area (Å²) in [5, 5.41) is 14.5. The molecule has 0 fully saturated rings. The average Bonchev–Trinajstić information content (AvgIpc) is 2.87. The van der Waals surface area contributed by atoms with Crippen LogP contribution in [0.3, 0.4) is 0 Å². The monoisotopic (exact) mass is 480 g/mol. The minimum atomic E-state index is -0.944. The second kappa shape index (κ2) is 17.3. The largest absolute Gasteiger partial charge is 0.481 e. The summed E-state index contributed by atoms with van der Waals surface area (Å²) in [5.41, 5.74) is 2.42. The fraction of sp³-hybridized carbons (Fsp3) is 0.483. The molecule has 0 aliphatic heterocycles. The predicted molar refractivity (Wildman–Crippen MR) is 139 cm³/mol. The standard InChI is InChI=1S/C29H40N2O4/c32-27(31-23-26(24-15-9-7-10-16-24)25-17-11-8-12-18-25)19-13-5-3-1-2-4-6-14-22-30-28(33)20-21-29(34)35/h7-12,15-18,26H,1-6,13-14,19-23H2,(H,30,33)(H,31,32)(H,34,35). The van der Waals surface area contributed by atoms with E-state index in [1.165, 1.54) is 11.1 Å². The van der Waals surface area contributed by atoms with Gasteiger partial charge in [0.05, 0.1) is 6.42 Å². The van der Waals surface area contributed by atoms with Crippen LogP contribution < -0.4 is 10.6 Å². The van der Waals surface area contributed by atoms with Gasteiger partial charge in [-0.15, -0.1) is 0 Å². The molecule has 0 atom stereocenters. The smallest absolute Gasteiger partial charge is 0.303 e. The summed E-state index contributed by atoms with van der Waals surface area (Å²) in [4.78, 5) is 34.3. The molecular formula is C29H40N2O4. The highest BCUT2D eigenvalue weighted by atomic mass is 16.4. The number of rotatable bonds is 18. The van der Waals surface area contributed by atoms with Gasteiger partial charge in [0, 0.05) is 31.8 Å². The summed E-state index contributed by atoms with van der Waals surface area (Å²) in [7, 11) is 0. The third-order valence-corrected chi connectivity index (χ3v) is 6.13. The number of carbonyl (C=O) groups is 3. The van der Waals surface area contributed by atoms with Crippen LogP contribution in [0.5, 0.6) is 0 Å². The molecule has 6 heteroatoms. The first-order valence-electron chi connectivity index (χ1n) is 12.9. The number of hydrogen-bond donors (Lipinski definition) is 3. The molecule has 6 nitrogen and oxygen atoms in total. The molecule has 2 amide bonds. The molecule has 2 aromatic rings. The Labute approximate surface area is 209 Å². The number of aliphatic carboxylic acids is 1. The van der Waals surface area contributed by atoms with Gasteiger partial charge in [0.1, 0.15) is 0 Å². The van der Waals surface area contributed by atoms with Crippen molar-refractivity contribution >= 4 is 17.8 Å². The Kier molecular flexibility index (Phi) is 13.9. The Bertz CT molecular complexity index is 831. The Hall–Kier alpha value is -3.15. The number of amides is 2. The lowest BCUT2D eigenvalue weighted by atomic mass is 9.91. The van der Waals surface area contributed by atoms with Crippen molar-refractivity contribution in [2.75, 3.05) is 13.1 Å². The molecule has 2 rings (SSSR count). The van der Waals surface area contributed by atoms with Crippen LogP contribution in [0, 0.1) is 0 Å². The van der Waals surface area contributed by atoms with Crippen LogP contribution in [0.25, 0.3) is 0 Å². The SMILES string of the molecule is O=C(O)CCC(=O)NCCCCCCCCCCC(=O)NCC(c1ccccc1)c1ccccc1. The van der Waals surface area contributed by atoms with E-state index in [1.54, 1.807) is 0 Å². The van der Waals surface area contributed by atoms with Crippen LogP contribution in [-0.2, 0) is 14.4 Å². The highest BCUT2D eigenvalue weighted by Crippen LogP contribution is 2.23. The van der Waals surface area contributed by atoms with Gasteiger partial charge in [-0.3, -0.25) is 14.4 Å². The molecule has 0 aliphatic rings. The van der Waals surface area contributed by atoms with Crippen LogP contribution >= 0.6 is 0 Å². The molecule has 0 saturated heterocycles. The van der Waals surface area contributed by atoms with Crippen molar-refractivity contribution in [1.29, 1.82) is 0 Å². The van der Waals surface area contributed by atoms with Gasteiger partial charge in [0.15, 0.2) is 0 Å². The van der Waals surface area contributed by atoms with E-state index in [-0.39, 0.29) is 30.6 Å². The number of carboxylic acids is 1. The van der Waals surface area contributed by atoms with Crippen molar-refractivity contribution in [1.82, 2.24) is 10.6 Å². The number of carboxylic acid groups (broad SMARTS) is 1. The fourth-order valence-corrected chi connectivity index (χ4v) is 4.11. The summed E-state index contributed by atoms with van der Waals surface area (Å²) in [6, 6.07) is 20.6. The normalized spacial score (nSPS) is 10.8. The number of benzene rings is 2. The first kappa shape index (κ1) is 28.1. The van der Waals surface area contributed by atoms with Crippen LogP contribution in [0.1, 0.15) is 87.7 Å². The molecule has 190 valence electrons. The highest BCUT2D eigenvalue weighted by Gasteiger charge is 2.15. The van der Waals surface area contributed by atoms with Crippen LogP contribution in [0.2, 0.25) is 0 Å². The molecule has 3 N–H and O–H groups in total. The number of nitrogens with one attached hydrogen (secondary N) is 2. The van der Waals surface area contributed by atoms with Gasteiger partial charge in [-0.25, -0.2) is 0 Å². The summed E-state index contributed by atoms with van der Waals surface area (Å²) in [6.45, 7) is 1.22. The lowest BCUT2D eigenvalue weighted by Gasteiger charge is -2.19. The summed E-state index contributed by atoms with van der Waals surface area (Å²) >= 11 is 0. The first-order valence-corrected chi connectivity index (χ1v) is 12.9. The Morgan fingerprint density at radius 2 is 1.09 bits per heavy atom. The van der Waals surface area contributed by atoms with Gasteiger partial charge in [-0.2, -0.15) is 0 Å². The fourth-order valence-electron chi connectivity index (χ4n) is 4.11. The molecule has 0 bridgehead atoms. The molecule has 0 saturated carbocycles. The topological polar surface area (TPSA) is 95.5 Å². The van der Waals surface area contributed by atoms with E-state index in [9.17, 15) is 14.4 Å². The number of carbonyl (C=O) groups excluding carboxylic acids is 2. The molecule has 0 spiro atoms. The van der Waals surface area contributed by atoms with E-state index in [0.717, 1.165) is 51.4 Å². The molecule has 0 radical (unpaired) electrons. The van der Waals surface area contributed by atoms with Gasteiger partial charge < -0.3 is 15.7 Å². The van der Waals surface area contributed by atoms with Crippen molar-refractivity contribution in [3.8, 4) is 0 Å². The lowest BCUT2D eigenvalue weighted by molar-refractivity contribution is -0.138. The van der Waals surface area contributed by atoms with Gasteiger partial charge in [0.2, 0.25) is 11.8 Å². The van der Waals surface area contributed by atoms with Crippen molar-refractivity contribution in [2.45, 2.75) is 76.5 Å². The van der Waals surface area contributed by atoms with E-state index < -0.39 is 5.97 Å². The Balaban J connectivity index is 1.50. The van der Waals surface area contributed by atoms with Crippen molar-refractivity contribution in [3.63, 3.8) is 0 Å². The first-order chi connectivity index (χ1) is 17.1. The van der Waals surface area contributed by atoms with Gasteiger partial charge in [0.25, 0.3) is 0 Å². The van der Waals surface area contributed by atoms with Crippen molar-refractivity contribution in [3.05, 3.63) is 71.8 Å². The second-order valence-electron chi connectivity index (χ2n) is 9.00. The van der Waals surface area contributed by atoms with E-state index in [0.29, 0.717) is 19.5 Å². The van der Waals surface area contributed by atoms with Crippen LogP contribution in [-0.4, -0.2) is 36.0 Å². The molecule has 0 unspecified atom stereocenters. The Morgan fingerprint density at radius 1 is 0.600 bits per heavy atom. The molecular weight excluding hydrogens is 440 g/mol. The Morgan fingerprint density at radius 3 is 1.63 bits per heavy atom. The van der Waals surface area contributed by atoms with E-state index in [2.05, 4.69) is 34.9 Å². The van der Waals surface area contributed by atoms with E-state index >= 15 is 0 Å². The van der Waals surface area contributed by atoms with Crippen molar-refractivity contribution in [2.24, 2.45) is 0 Å². The van der Waals surface area contributed by atoms with Crippen molar-refractivity contribution < 1.29 is 19.5 Å². The van der Waals surface area contributed by atoms with Crippen LogP contribution in [0.4, 0.5) is 0 Å². The lowest BCUT2D eigenvalue weighted by Crippen LogP contribution is -2.28. The third-order valence-electron chi connectivity index (χ3n) is 6.13. The zero-order valence-corrected chi connectivity index (χ0v) is 20.7. The predicted octanol–water partition coefficient (Wildman–Crippen LogP) is 5.43. The molecule has 0 heterocycles. The second-order valence-corrected chi connectivity index (χ2v) is 9.00. The quantitative estimate of drug-likeness (QED) is 0.248. The molecule has 35 heavy (non-hydrogen) atoms. The highest BCUT2D eigenvalue weighted by molar-refractivity contribution is 5.80. The maximum absolute atomic E-state index is 12.4. The summed E-state index contributed by atoms with van der Waals surface area (Å²) in [6.07, 6.45) is 9.05.